The van der Waals surface area contributed by atoms with Crippen LogP contribution in [0.1, 0.15) is 39.5 Å². The highest BCUT2D eigenvalue weighted by Gasteiger charge is 2.47. The van der Waals surface area contributed by atoms with E-state index >= 15 is 0 Å². The third kappa shape index (κ3) is 1.83. The minimum atomic E-state index is -0.124. The monoisotopic (exact) mass is 284 g/mol. The molecule has 0 amide bonds. The largest absolute Gasteiger partial charge is 0.383 e. The van der Waals surface area contributed by atoms with Crippen molar-refractivity contribution in [1.82, 2.24) is 14.5 Å². The topological polar surface area (TPSA) is 66.0 Å². The molecule has 2 aromatic heterocycles. The lowest BCUT2D eigenvalue weighted by molar-refractivity contribution is -0.0221. The molecule has 21 heavy (non-hydrogen) atoms. The van der Waals surface area contributed by atoms with Gasteiger partial charge in [0.2, 0.25) is 0 Å². The molecule has 0 bridgehead atoms. The number of hydrogen-bond donors (Lipinski definition) is 1. The number of aromatic nitrogens is 3. The van der Waals surface area contributed by atoms with Crippen LogP contribution in [0.15, 0.2) is 12.5 Å². The number of nitrogen functional groups attached to an aromatic ring is 1. The van der Waals surface area contributed by atoms with E-state index in [-0.39, 0.29) is 17.7 Å². The van der Waals surface area contributed by atoms with E-state index in [2.05, 4.69) is 43.6 Å². The second kappa shape index (κ2) is 4.47. The van der Waals surface area contributed by atoms with Crippen LogP contribution in [-0.2, 0) is 4.74 Å². The number of hydrogen-bond acceptors (Lipinski definition) is 4. The Kier molecular flexibility index (Phi) is 2.96. The zero-order valence-corrected chi connectivity index (χ0v) is 12.8. The molecule has 0 saturated carbocycles. The number of anilines is 1. The van der Waals surface area contributed by atoms with E-state index in [4.69, 9.17) is 16.9 Å². The predicted molar refractivity (Wildman–Crippen MR) is 82.4 cm³/mol. The molecule has 1 aliphatic rings. The first-order valence-corrected chi connectivity index (χ1v) is 7.11. The Morgan fingerprint density at radius 2 is 2.10 bits per heavy atom. The molecular formula is C16H20N4O. The minimum absolute atomic E-state index is 0.0308. The van der Waals surface area contributed by atoms with Crippen LogP contribution in [0, 0.1) is 23.7 Å². The maximum absolute atomic E-state index is 6.17. The fourth-order valence-corrected chi connectivity index (χ4v) is 3.15. The van der Waals surface area contributed by atoms with Crippen LogP contribution < -0.4 is 5.73 Å². The van der Waals surface area contributed by atoms with Crippen molar-refractivity contribution in [1.29, 1.82) is 0 Å². The van der Waals surface area contributed by atoms with Gasteiger partial charge in [-0.1, -0.05) is 26.7 Å². The molecule has 0 spiro atoms. The van der Waals surface area contributed by atoms with Gasteiger partial charge in [0.15, 0.2) is 0 Å². The summed E-state index contributed by atoms with van der Waals surface area (Å²) in [4.78, 5) is 8.41. The average molecular weight is 284 g/mol. The van der Waals surface area contributed by atoms with Gasteiger partial charge < -0.3 is 15.0 Å². The summed E-state index contributed by atoms with van der Waals surface area (Å²) in [5.41, 5.74) is 7.37. The van der Waals surface area contributed by atoms with Crippen molar-refractivity contribution in [3.63, 3.8) is 0 Å². The molecule has 3 heterocycles. The Hall–Kier alpha value is -2.06. The van der Waals surface area contributed by atoms with Crippen molar-refractivity contribution < 1.29 is 4.74 Å². The first kappa shape index (κ1) is 13.9. The lowest BCUT2D eigenvalue weighted by atomic mass is 9.78. The molecule has 1 aliphatic heterocycles. The second-order valence-corrected chi connectivity index (χ2v) is 6.36. The molecule has 1 saturated heterocycles. The van der Waals surface area contributed by atoms with Gasteiger partial charge in [-0.2, -0.15) is 0 Å². The summed E-state index contributed by atoms with van der Waals surface area (Å²) in [5, 5.41) is 0.728. The van der Waals surface area contributed by atoms with Gasteiger partial charge in [0.05, 0.1) is 17.1 Å². The number of rotatable bonds is 1. The van der Waals surface area contributed by atoms with Crippen molar-refractivity contribution in [3.8, 4) is 12.3 Å². The van der Waals surface area contributed by atoms with Crippen molar-refractivity contribution in [2.75, 3.05) is 5.73 Å². The standard InChI is InChI=1S/C16H20N4O/c1-6-11-7-20(14-12(11)13(17)18-8-19-14)15-16(4,5)9(2)10(3)21-15/h1,7-10,15H,2-5H3,(H2,17,18,19)/t9?,10?,15-/m1/s1. The average Bonchev–Trinajstić information content (AvgIpc) is 2.91. The molecule has 5 nitrogen and oxygen atoms in total. The van der Waals surface area contributed by atoms with Crippen molar-refractivity contribution in [2.45, 2.75) is 40.0 Å². The number of fused-ring (bicyclic) bond motifs is 1. The molecule has 5 heteroatoms. The van der Waals surface area contributed by atoms with Crippen LogP contribution >= 0.6 is 0 Å². The van der Waals surface area contributed by atoms with Gasteiger partial charge in [-0.3, -0.25) is 0 Å². The fourth-order valence-electron chi connectivity index (χ4n) is 3.15. The maximum Gasteiger partial charge on any atom is 0.148 e. The normalized spacial score (nSPS) is 27.9. The van der Waals surface area contributed by atoms with Gasteiger partial charge in [-0.05, 0) is 12.8 Å². The second-order valence-electron chi connectivity index (χ2n) is 6.36. The zero-order valence-electron chi connectivity index (χ0n) is 12.8. The van der Waals surface area contributed by atoms with Gasteiger partial charge in [0.1, 0.15) is 24.0 Å². The van der Waals surface area contributed by atoms with E-state index in [0.29, 0.717) is 17.3 Å². The van der Waals surface area contributed by atoms with Crippen molar-refractivity contribution in [3.05, 3.63) is 18.1 Å². The zero-order chi connectivity index (χ0) is 15.4. The molecule has 1 fully saturated rings. The summed E-state index contributed by atoms with van der Waals surface area (Å²) in [7, 11) is 0. The molecule has 2 aromatic rings. The van der Waals surface area contributed by atoms with Gasteiger partial charge in [-0.15, -0.1) is 6.42 Å². The molecule has 0 aromatic carbocycles. The molecular weight excluding hydrogens is 264 g/mol. The molecule has 110 valence electrons. The molecule has 3 atom stereocenters. The fraction of sp³-hybridized carbons (Fsp3) is 0.500. The van der Waals surface area contributed by atoms with E-state index in [0.717, 1.165) is 11.0 Å². The Labute approximate surface area is 124 Å². The van der Waals surface area contributed by atoms with E-state index in [1.54, 1.807) is 0 Å². The maximum atomic E-state index is 6.17. The van der Waals surface area contributed by atoms with E-state index < -0.39 is 0 Å². The van der Waals surface area contributed by atoms with E-state index in [9.17, 15) is 0 Å². The van der Waals surface area contributed by atoms with E-state index in [1.165, 1.54) is 6.33 Å². The first-order valence-electron chi connectivity index (χ1n) is 7.11. The van der Waals surface area contributed by atoms with Crippen LogP contribution in [0.25, 0.3) is 11.0 Å². The van der Waals surface area contributed by atoms with Crippen LogP contribution in [0.4, 0.5) is 5.82 Å². The Balaban J connectivity index is 2.23. The van der Waals surface area contributed by atoms with Gasteiger partial charge in [-0.25, -0.2) is 9.97 Å². The summed E-state index contributed by atoms with van der Waals surface area (Å²) in [6.45, 7) is 8.72. The quantitative estimate of drug-likeness (QED) is 0.817. The van der Waals surface area contributed by atoms with Gasteiger partial charge >= 0.3 is 0 Å². The highest BCUT2D eigenvalue weighted by molar-refractivity contribution is 5.92. The van der Waals surface area contributed by atoms with Crippen LogP contribution in [-0.4, -0.2) is 20.6 Å². The van der Waals surface area contributed by atoms with Gasteiger partial charge in [0, 0.05) is 11.6 Å². The molecule has 0 radical (unpaired) electrons. The highest BCUT2D eigenvalue weighted by atomic mass is 16.5. The molecule has 3 rings (SSSR count). The van der Waals surface area contributed by atoms with Crippen LogP contribution in [0.5, 0.6) is 0 Å². The Morgan fingerprint density at radius 3 is 2.67 bits per heavy atom. The third-order valence-electron chi connectivity index (χ3n) is 4.90. The smallest absolute Gasteiger partial charge is 0.148 e. The van der Waals surface area contributed by atoms with E-state index in [1.807, 2.05) is 10.8 Å². The summed E-state index contributed by atoms with van der Waals surface area (Å²) in [6, 6.07) is 0. The van der Waals surface area contributed by atoms with Crippen molar-refractivity contribution in [2.24, 2.45) is 11.3 Å². The summed E-state index contributed by atoms with van der Waals surface area (Å²) in [6.07, 6.45) is 9.01. The van der Waals surface area contributed by atoms with Crippen molar-refractivity contribution >= 4 is 16.9 Å². The first-order chi connectivity index (χ1) is 9.87. The van der Waals surface area contributed by atoms with Gasteiger partial charge in [0.25, 0.3) is 0 Å². The number of nitrogens with zero attached hydrogens (tertiary/aromatic N) is 3. The highest BCUT2D eigenvalue weighted by Crippen LogP contribution is 2.49. The lowest BCUT2D eigenvalue weighted by Gasteiger charge is -2.30. The summed E-state index contributed by atoms with van der Waals surface area (Å²) in [5.74, 6) is 3.50. The molecule has 0 aliphatic carbocycles. The van der Waals surface area contributed by atoms with Crippen LogP contribution in [0.3, 0.4) is 0 Å². The Morgan fingerprint density at radius 1 is 1.38 bits per heavy atom. The molecule has 2 N–H and O–H groups in total. The predicted octanol–water partition coefficient (Wildman–Crippen LogP) is 2.57. The lowest BCUT2D eigenvalue weighted by Crippen LogP contribution is -2.27. The number of nitrogens with two attached hydrogens (primary N) is 1. The number of ether oxygens (including phenoxy) is 1. The summed E-state index contributed by atoms with van der Waals surface area (Å²) < 4.78 is 8.18. The SMILES string of the molecule is C#Cc1cn([C@@H]2OC(C)C(C)C2(C)C)c2ncnc(N)c12. The summed E-state index contributed by atoms with van der Waals surface area (Å²) >= 11 is 0. The minimum Gasteiger partial charge on any atom is -0.383 e. The molecule has 2 unspecified atom stereocenters. The van der Waals surface area contributed by atoms with Crippen LogP contribution in [0.2, 0.25) is 0 Å². The Bertz CT molecular complexity index is 741. The third-order valence-corrected chi connectivity index (χ3v) is 4.90. The number of terminal acetylenes is 1.